The van der Waals surface area contributed by atoms with Crippen molar-refractivity contribution in [3.63, 3.8) is 0 Å². The third-order valence-corrected chi connectivity index (χ3v) is 2.65. The van der Waals surface area contributed by atoms with Crippen molar-refractivity contribution < 1.29 is 9.53 Å². The SMILES string of the molecule is C1=CCCCC1.CCCCOC(=O)CCCC. The highest BCUT2D eigenvalue weighted by Crippen LogP contribution is 2.07. The minimum absolute atomic E-state index is 0.0414. The fraction of sp³-hybridized carbons (Fsp3) is 0.800. The molecule has 0 spiro atoms. The van der Waals surface area contributed by atoms with E-state index in [9.17, 15) is 4.79 Å². The van der Waals surface area contributed by atoms with E-state index in [1.807, 2.05) is 0 Å². The Kier molecular flexibility index (Phi) is 12.7. The molecule has 0 heterocycles. The van der Waals surface area contributed by atoms with E-state index in [1.54, 1.807) is 0 Å². The molecule has 2 nitrogen and oxygen atoms in total. The molecule has 1 aliphatic rings. The van der Waals surface area contributed by atoms with Gasteiger partial charge in [-0.25, -0.2) is 0 Å². The molecule has 0 fully saturated rings. The standard InChI is InChI=1S/C9H18O2.C6H10/c1-3-5-7-9(10)11-8-6-4-2;1-2-4-6-5-3-1/h3-8H2,1-2H3;1-2H,3-6H2. The molecule has 0 aromatic carbocycles. The second-order valence-corrected chi connectivity index (χ2v) is 4.43. The minimum Gasteiger partial charge on any atom is -0.466 e. The molecule has 0 N–H and O–H groups in total. The van der Waals surface area contributed by atoms with Crippen molar-refractivity contribution in [3.8, 4) is 0 Å². The number of allylic oxidation sites excluding steroid dienone is 2. The first-order chi connectivity index (χ1) is 8.31. The van der Waals surface area contributed by atoms with Gasteiger partial charge in [0, 0.05) is 6.42 Å². The van der Waals surface area contributed by atoms with Gasteiger partial charge in [0.05, 0.1) is 6.61 Å². The summed E-state index contributed by atoms with van der Waals surface area (Å²) in [5.74, 6) is -0.0414. The van der Waals surface area contributed by atoms with Gasteiger partial charge in [-0.2, -0.15) is 0 Å². The largest absolute Gasteiger partial charge is 0.466 e. The maximum absolute atomic E-state index is 10.9. The smallest absolute Gasteiger partial charge is 0.305 e. The third-order valence-electron chi connectivity index (χ3n) is 2.65. The van der Waals surface area contributed by atoms with E-state index >= 15 is 0 Å². The summed E-state index contributed by atoms with van der Waals surface area (Å²) in [6.07, 6.45) is 14.7. The molecule has 0 atom stereocenters. The summed E-state index contributed by atoms with van der Waals surface area (Å²) in [5.41, 5.74) is 0. The lowest BCUT2D eigenvalue weighted by atomic mass is 10.1. The van der Waals surface area contributed by atoms with Crippen molar-refractivity contribution in [3.05, 3.63) is 12.2 Å². The van der Waals surface area contributed by atoms with Gasteiger partial charge in [-0.15, -0.1) is 0 Å². The molecule has 1 rings (SSSR count). The molecule has 0 bridgehead atoms. The number of ether oxygens (including phenoxy) is 1. The van der Waals surface area contributed by atoms with Crippen LogP contribution in [0.2, 0.25) is 0 Å². The van der Waals surface area contributed by atoms with Gasteiger partial charge in [-0.3, -0.25) is 4.79 Å². The fourth-order valence-corrected chi connectivity index (χ4v) is 1.48. The second-order valence-electron chi connectivity index (χ2n) is 4.43. The first-order valence-electron chi connectivity index (χ1n) is 7.11. The molecule has 100 valence electrons. The maximum Gasteiger partial charge on any atom is 0.305 e. The summed E-state index contributed by atoms with van der Waals surface area (Å²) < 4.78 is 4.95. The monoisotopic (exact) mass is 240 g/mol. The average Bonchev–Trinajstić information content (AvgIpc) is 2.39. The molecule has 0 radical (unpaired) electrons. The van der Waals surface area contributed by atoms with Gasteiger partial charge in [-0.05, 0) is 38.5 Å². The van der Waals surface area contributed by atoms with E-state index in [-0.39, 0.29) is 5.97 Å². The predicted molar refractivity (Wildman–Crippen MR) is 73.0 cm³/mol. The maximum atomic E-state index is 10.9. The lowest BCUT2D eigenvalue weighted by Crippen LogP contribution is -2.04. The van der Waals surface area contributed by atoms with Crippen LogP contribution in [0, 0.1) is 0 Å². The summed E-state index contributed by atoms with van der Waals surface area (Å²) in [5, 5.41) is 0. The molecule has 1 aliphatic carbocycles. The number of carbonyl (C=O) groups is 1. The van der Waals surface area contributed by atoms with Crippen molar-refractivity contribution in [1.82, 2.24) is 0 Å². The van der Waals surface area contributed by atoms with Crippen LogP contribution in [0.1, 0.15) is 71.6 Å². The van der Waals surface area contributed by atoms with E-state index in [4.69, 9.17) is 4.74 Å². The first kappa shape index (κ1) is 16.2. The molecule has 17 heavy (non-hydrogen) atoms. The van der Waals surface area contributed by atoms with Crippen molar-refractivity contribution in [1.29, 1.82) is 0 Å². The van der Waals surface area contributed by atoms with Crippen LogP contribution >= 0.6 is 0 Å². The number of esters is 1. The van der Waals surface area contributed by atoms with Crippen LogP contribution in [0.4, 0.5) is 0 Å². The van der Waals surface area contributed by atoms with E-state index in [0.717, 1.165) is 25.7 Å². The molecule has 0 aromatic heterocycles. The van der Waals surface area contributed by atoms with Crippen molar-refractivity contribution in [2.45, 2.75) is 71.6 Å². The molecule has 0 saturated heterocycles. The lowest BCUT2D eigenvalue weighted by Gasteiger charge is -2.01. The average molecular weight is 240 g/mol. The second kappa shape index (κ2) is 13.3. The zero-order valence-corrected chi connectivity index (χ0v) is 11.5. The van der Waals surface area contributed by atoms with Gasteiger partial charge in [0.1, 0.15) is 0 Å². The quantitative estimate of drug-likeness (QED) is 0.384. The highest BCUT2D eigenvalue weighted by atomic mass is 16.5. The Bertz CT molecular complexity index is 189. The highest BCUT2D eigenvalue weighted by Gasteiger charge is 1.99. The number of hydrogen-bond donors (Lipinski definition) is 0. The van der Waals surface area contributed by atoms with Gasteiger partial charge >= 0.3 is 5.97 Å². The van der Waals surface area contributed by atoms with Crippen LogP contribution in [-0.2, 0) is 9.53 Å². The van der Waals surface area contributed by atoms with E-state index in [0.29, 0.717) is 13.0 Å². The zero-order chi connectivity index (χ0) is 12.8. The molecule has 0 unspecified atom stereocenters. The van der Waals surface area contributed by atoms with E-state index in [1.165, 1.54) is 25.7 Å². The number of unbranched alkanes of at least 4 members (excludes halogenated alkanes) is 2. The summed E-state index contributed by atoms with van der Waals surface area (Å²) >= 11 is 0. The van der Waals surface area contributed by atoms with Crippen molar-refractivity contribution in [2.24, 2.45) is 0 Å². The van der Waals surface area contributed by atoms with E-state index < -0.39 is 0 Å². The Balaban J connectivity index is 0.000000354. The number of hydrogen-bond acceptors (Lipinski definition) is 2. The van der Waals surface area contributed by atoms with Gasteiger partial charge in [0.2, 0.25) is 0 Å². The lowest BCUT2D eigenvalue weighted by molar-refractivity contribution is -0.143. The van der Waals surface area contributed by atoms with Crippen molar-refractivity contribution >= 4 is 5.97 Å². The van der Waals surface area contributed by atoms with Gasteiger partial charge < -0.3 is 4.74 Å². The Labute approximate surface area is 106 Å². The highest BCUT2D eigenvalue weighted by molar-refractivity contribution is 5.69. The predicted octanol–water partition coefficient (Wildman–Crippen LogP) is 4.64. The molecule has 0 amide bonds. The number of carbonyl (C=O) groups excluding carboxylic acids is 1. The summed E-state index contributed by atoms with van der Waals surface area (Å²) in [6.45, 7) is 4.75. The van der Waals surface area contributed by atoms with Crippen LogP contribution in [0.3, 0.4) is 0 Å². The fourth-order valence-electron chi connectivity index (χ4n) is 1.48. The topological polar surface area (TPSA) is 26.3 Å². The summed E-state index contributed by atoms with van der Waals surface area (Å²) in [7, 11) is 0. The molecule has 2 heteroatoms. The summed E-state index contributed by atoms with van der Waals surface area (Å²) in [6, 6.07) is 0. The van der Waals surface area contributed by atoms with Crippen LogP contribution in [0.15, 0.2) is 12.2 Å². The van der Waals surface area contributed by atoms with Crippen LogP contribution in [0.25, 0.3) is 0 Å². The van der Waals surface area contributed by atoms with Crippen LogP contribution in [0.5, 0.6) is 0 Å². The van der Waals surface area contributed by atoms with Gasteiger partial charge in [-0.1, -0.05) is 38.8 Å². The Morgan fingerprint density at radius 3 is 2.06 bits per heavy atom. The van der Waals surface area contributed by atoms with Gasteiger partial charge in [0.25, 0.3) is 0 Å². The Morgan fingerprint density at radius 1 is 1.06 bits per heavy atom. The molecular formula is C15H28O2. The molecule has 0 aliphatic heterocycles. The number of rotatable bonds is 6. The Hall–Kier alpha value is -0.790. The van der Waals surface area contributed by atoms with E-state index in [2.05, 4.69) is 26.0 Å². The van der Waals surface area contributed by atoms with Crippen LogP contribution < -0.4 is 0 Å². The summed E-state index contributed by atoms with van der Waals surface area (Å²) in [4.78, 5) is 10.9. The van der Waals surface area contributed by atoms with Crippen LogP contribution in [-0.4, -0.2) is 12.6 Å². The Morgan fingerprint density at radius 2 is 1.65 bits per heavy atom. The van der Waals surface area contributed by atoms with Crippen molar-refractivity contribution in [2.75, 3.05) is 6.61 Å². The molecular weight excluding hydrogens is 212 g/mol. The van der Waals surface area contributed by atoms with Gasteiger partial charge in [0.15, 0.2) is 0 Å². The zero-order valence-electron chi connectivity index (χ0n) is 11.5. The normalized spacial score (nSPS) is 13.8. The minimum atomic E-state index is -0.0414. The first-order valence-corrected chi connectivity index (χ1v) is 7.11. The molecule has 0 aromatic rings. The third kappa shape index (κ3) is 13.1. The molecule has 0 saturated carbocycles.